The second-order valence-corrected chi connectivity index (χ2v) is 28.0. The highest BCUT2D eigenvalue weighted by atomic mass is 16.8. The summed E-state index contributed by atoms with van der Waals surface area (Å²) in [6, 6.07) is 0. The lowest BCUT2D eigenvalue weighted by Crippen LogP contribution is -2.68. The van der Waals surface area contributed by atoms with Crippen LogP contribution in [0.4, 0.5) is 0 Å². The summed E-state index contributed by atoms with van der Waals surface area (Å²) >= 11 is 0. The molecular weight excluding hydrogens is 1110 g/mol. The molecule has 31 atom stereocenters. The molecule has 0 bridgehead atoms. The molecule has 26 heteroatoms. The minimum atomic E-state index is -1.89. The Morgan fingerprint density at radius 1 is 0.548 bits per heavy atom. The van der Waals surface area contributed by atoms with Crippen LogP contribution in [0.2, 0.25) is 0 Å². The first-order valence-electron chi connectivity index (χ1n) is 29.9. The zero-order valence-corrected chi connectivity index (χ0v) is 49.3. The number of allylic oxidation sites excluding steroid dienone is 2. The van der Waals surface area contributed by atoms with E-state index in [1.807, 2.05) is 0 Å². The Kier molecular flexibility index (Phi) is 18.2. The number of methoxy groups -OCH3 is 1. The molecule has 0 aromatic carbocycles. The second-order valence-electron chi connectivity index (χ2n) is 28.0. The van der Waals surface area contributed by atoms with E-state index in [1.165, 1.54) is 6.92 Å². The minimum Gasteiger partial charge on any atom is -0.467 e. The fraction of sp³-hybridized carbons (Fsp3) is 0.931. The van der Waals surface area contributed by atoms with Crippen molar-refractivity contribution in [3.05, 3.63) is 11.6 Å². The standard InChI is InChI=1S/C58H92O26/c1-23-42(80-47-37(67)33(63)26(59)20-75-47)36(66)39(69)49(78-23)83-45-35(65)28(61)22-77-51(45)84-52(73)58-17-16-53(2,3)18-25(58)24-10-11-30-55(6)14-13-32(54(4,5)29(55)12-15-56(30,7)57(24,8)19-31(58)62)79-50-41(71)43(40(70)44(82-50)46(72)74-9)81-48-38(68)34(64)27(60)21-76-48/h10,23,25-45,47-51,59-71H,11-22H2,1-9H3/t23-,25-,26+,27+,28-,29-,30?,31+,32-,33-,34-,35-,36-,37+,38+,39+,40-,41+,42-,43-,44-,45+,47-,48-,49-,50+,51-,55-,56+,57+,58+/m0/s1. The Labute approximate surface area is 488 Å². The predicted octanol–water partition coefficient (Wildman–Crippen LogP) is -2.11. The Hall–Kier alpha value is -2.20. The van der Waals surface area contributed by atoms with Gasteiger partial charge in [-0.3, -0.25) is 4.79 Å². The molecule has 0 aromatic heterocycles. The SMILES string of the molecule is COC(=O)[C@H]1O[C@@H](O[C@H]2CC[C@]3(C)C4CC=C5[C@@H]6CC(C)(C)CC[C@]6(C(=O)O[C@@H]6OC[C@H](O)[C@H](O)[C@H]6O[C@@H]6O[C@@H](C)[C@H](O[C@@H]7OC[C@@H](O)[C@H](O)[C@H]7O)[C@@H](O)[C@H]6O)[C@H](O)C[C@@]5(C)[C@]4(C)CC[C@H]3C2(C)C)[C@H](O)[C@@H](O[C@@H]2OC[C@@H](O)[C@H](O)[C@H]2O)[C@@H]1O. The van der Waals surface area contributed by atoms with Gasteiger partial charge in [-0.05, 0) is 110 Å². The van der Waals surface area contributed by atoms with E-state index in [4.69, 9.17) is 52.1 Å². The van der Waals surface area contributed by atoms with Gasteiger partial charge in [-0.2, -0.15) is 0 Å². The summed E-state index contributed by atoms with van der Waals surface area (Å²) in [5, 5.41) is 143. The average molecular weight is 1210 g/mol. The van der Waals surface area contributed by atoms with Crippen molar-refractivity contribution in [2.75, 3.05) is 26.9 Å². The molecule has 5 aliphatic heterocycles. The number of carbonyl (C=O) groups excluding carboxylic acids is 2. The fourth-order valence-corrected chi connectivity index (χ4v) is 17.3. The molecular formula is C58H92O26. The lowest BCUT2D eigenvalue weighted by molar-refractivity contribution is -0.369. The molecule has 0 radical (unpaired) electrons. The van der Waals surface area contributed by atoms with Crippen LogP contribution in [0.1, 0.15) is 113 Å². The average Bonchev–Trinajstić information content (AvgIpc) is 0.710. The van der Waals surface area contributed by atoms with Gasteiger partial charge in [0.05, 0.1) is 45.2 Å². The Balaban J connectivity index is 0.868. The number of aliphatic hydroxyl groups is 13. The first-order chi connectivity index (χ1) is 39.3. The zero-order valence-electron chi connectivity index (χ0n) is 49.3. The molecule has 1 unspecified atom stereocenters. The van der Waals surface area contributed by atoms with Crippen molar-refractivity contribution in [2.24, 2.45) is 50.2 Å². The number of rotatable bonds is 11. The van der Waals surface area contributed by atoms with Crippen LogP contribution < -0.4 is 0 Å². The van der Waals surface area contributed by atoms with Crippen LogP contribution in [0.25, 0.3) is 0 Å². The van der Waals surface area contributed by atoms with E-state index < -0.39 is 200 Å². The van der Waals surface area contributed by atoms with Gasteiger partial charge in [0.1, 0.15) is 90.9 Å². The fourth-order valence-electron chi connectivity index (χ4n) is 17.3. The van der Waals surface area contributed by atoms with Gasteiger partial charge in [-0.15, -0.1) is 0 Å². The van der Waals surface area contributed by atoms with E-state index in [0.717, 1.165) is 25.5 Å². The summed E-state index contributed by atoms with van der Waals surface area (Å²) in [6.07, 6.45) is -30.3. The molecule has 480 valence electrons. The summed E-state index contributed by atoms with van der Waals surface area (Å²) in [5.74, 6) is -2.17. The lowest BCUT2D eigenvalue weighted by atomic mass is 9.33. The van der Waals surface area contributed by atoms with Crippen LogP contribution in [0.3, 0.4) is 0 Å². The van der Waals surface area contributed by atoms with Gasteiger partial charge in [-0.25, -0.2) is 4.79 Å². The van der Waals surface area contributed by atoms with E-state index in [-0.39, 0.29) is 42.1 Å². The van der Waals surface area contributed by atoms with Crippen LogP contribution in [-0.2, 0) is 61.7 Å². The van der Waals surface area contributed by atoms with E-state index in [2.05, 4.69) is 54.5 Å². The summed E-state index contributed by atoms with van der Waals surface area (Å²) in [7, 11) is 1.11. The number of ether oxygens (including phenoxy) is 11. The molecule has 26 nitrogen and oxygen atoms in total. The largest absolute Gasteiger partial charge is 0.467 e. The molecule has 10 rings (SSSR count). The molecule has 5 heterocycles. The Morgan fingerprint density at radius 3 is 1.73 bits per heavy atom. The van der Waals surface area contributed by atoms with Gasteiger partial charge in [0, 0.05) is 0 Å². The third-order valence-corrected chi connectivity index (χ3v) is 22.5. The number of fused-ring (bicyclic) bond motifs is 7. The van der Waals surface area contributed by atoms with Gasteiger partial charge < -0.3 is 118 Å². The van der Waals surface area contributed by atoms with Gasteiger partial charge in [0.25, 0.3) is 0 Å². The van der Waals surface area contributed by atoms with Crippen LogP contribution in [0.15, 0.2) is 11.6 Å². The summed E-state index contributed by atoms with van der Waals surface area (Å²) < 4.78 is 64.2. The van der Waals surface area contributed by atoms with Crippen molar-refractivity contribution < 1.29 is 128 Å². The molecule has 0 aromatic rings. The third kappa shape index (κ3) is 10.6. The summed E-state index contributed by atoms with van der Waals surface area (Å²) in [6.45, 7) is 15.5. The molecule has 13 N–H and O–H groups in total. The van der Waals surface area contributed by atoms with E-state index in [0.29, 0.717) is 32.1 Å². The number of hydrogen-bond donors (Lipinski definition) is 13. The molecule has 84 heavy (non-hydrogen) atoms. The number of carbonyl (C=O) groups is 2. The van der Waals surface area contributed by atoms with E-state index >= 15 is 4.79 Å². The predicted molar refractivity (Wildman–Crippen MR) is 282 cm³/mol. The van der Waals surface area contributed by atoms with Crippen LogP contribution in [0.5, 0.6) is 0 Å². The number of aliphatic hydroxyl groups excluding tert-OH is 13. The van der Waals surface area contributed by atoms with E-state index in [1.54, 1.807) is 0 Å². The minimum absolute atomic E-state index is 0.0296. The maximum absolute atomic E-state index is 15.4. The van der Waals surface area contributed by atoms with Gasteiger partial charge in [0.15, 0.2) is 37.4 Å². The number of esters is 2. The molecule has 5 aliphatic carbocycles. The molecule has 9 fully saturated rings. The van der Waals surface area contributed by atoms with Crippen molar-refractivity contribution in [1.82, 2.24) is 0 Å². The summed E-state index contributed by atoms with van der Waals surface area (Å²) in [5.41, 5.74) is -2.65. The highest BCUT2D eigenvalue weighted by Crippen LogP contribution is 2.76. The maximum Gasteiger partial charge on any atom is 0.337 e. The van der Waals surface area contributed by atoms with Crippen molar-refractivity contribution >= 4 is 11.9 Å². The van der Waals surface area contributed by atoms with E-state index in [9.17, 15) is 71.2 Å². The highest BCUT2D eigenvalue weighted by molar-refractivity contribution is 5.80. The quantitative estimate of drug-likeness (QED) is 0.0598. The maximum atomic E-state index is 15.4. The van der Waals surface area contributed by atoms with Crippen LogP contribution in [0, 0.1) is 50.2 Å². The van der Waals surface area contributed by atoms with Gasteiger partial charge in [0.2, 0.25) is 6.29 Å². The third-order valence-electron chi connectivity index (χ3n) is 22.5. The van der Waals surface area contributed by atoms with Crippen molar-refractivity contribution in [2.45, 2.75) is 261 Å². The van der Waals surface area contributed by atoms with Crippen molar-refractivity contribution in [1.29, 1.82) is 0 Å². The zero-order chi connectivity index (χ0) is 61.3. The Bertz CT molecular complexity index is 2400. The van der Waals surface area contributed by atoms with Crippen molar-refractivity contribution in [3.8, 4) is 0 Å². The van der Waals surface area contributed by atoms with Gasteiger partial charge >= 0.3 is 11.9 Å². The normalized spacial score (nSPS) is 53.6. The first kappa shape index (κ1) is 64.8. The molecule has 0 amide bonds. The molecule has 0 spiro atoms. The first-order valence-corrected chi connectivity index (χ1v) is 29.9. The smallest absolute Gasteiger partial charge is 0.337 e. The number of hydrogen-bond acceptors (Lipinski definition) is 26. The van der Waals surface area contributed by atoms with Crippen molar-refractivity contribution in [3.63, 3.8) is 0 Å². The molecule has 10 aliphatic rings. The molecule has 5 saturated heterocycles. The van der Waals surface area contributed by atoms with Crippen LogP contribution in [-0.4, -0.2) is 253 Å². The lowest BCUT2D eigenvalue weighted by Gasteiger charge is -2.71. The summed E-state index contributed by atoms with van der Waals surface area (Å²) in [4.78, 5) is 28.5. The second kappa shape index (κ2) is 23.6. The molecule has 4 saturated carbocycles. The monoisotopic (exact) mass is 1200 g/mol. The van der Waals surface area contributed by atoms with Crippen LogP contribution >= 0.6 is 0 Å². The highest BCUT2D eigenvalue weighted by Gasteiger charge is 2.72. The van der Waals surface area contributed by atoms with Gasteiger partial charge in [-0.1, -0.05) is 60.1 Å². The Morgan fingerprint density at radius 2 is 1.11 bits per heavy atom. The topological polar surface area (TPSA) is 399 Å².